The van der Waals surface area contributed by atoms with Gasteiger partial charge in [0.05, 0.1) is 18.2 Å². The van der Waals surface area contributed by atoms with Gasteiger partial charge in [0.25, 0.3) is 5.56 Å². The molecule has 2 aromatic heterocycles. The molecule has 7 nitrogen and oxygen atoms in total. The summed E-state index contributed by atoms with van der Waals surface area (Å²) in [5.74, 6) is 0.686. The minimum atomic E-state index is -0.130. The second kappa shape index (κ2) is 10.2. The Morgan fingerprint density at radius 1 is 1.14 bits per heavy atom. The average Bonchev–Trinajstić information content (AvgIpc) is 3.36. The molecule has 3 heterocycles. The van der Waals surface area contributed by atoms with Crippen molar-refractivity contribution in [3.63, 3.8) is 0 Å². The normalized spacial score (nSPS) is 15.6. The zero-order chi connectivity index (χ0) is 25.2. The Morgan fingerprint density at radius 2 is 1.94 bits per heavy atom. The summed E-state index contributed by atoms with van der Waals surface area (Å²) in [5.41, 5.74) is 6.41. The third-order valence-corrected chi connectivity index (χ3v) is 6.88. The molecule has 0 saturated carbocycles. The SMILES string of the molecule is COc1cccc(-n2cnc3ncc(-c4cc(C)cc(C)c4)c(CN(C)C[C@@H]4CCCN4)c3c2=O)c1. The molecule has 0 unspecified atom stereocenters. The maximum atomic E-state index is 14.0. The molecule has 1 atom stereocenters. The van der Waals surface area contributed by atoms with E-state index < -0.39 is 0 Å². The highest BCUT2D eigenvalue weighted by molar-refractivity contribution is 5.86. The number of nitrogens with zero attached hydrogens (tertiary/aromatic N) is 4. The van der Waals surface area contributed by atoms with Gasteiger partial charge in [-0.05, 0) is 63.5 Å². The van der Waals surface area contributed by atoms with Crippen molar-refractivity contribution in [2.24, 2.45) is 0 Å². The fourth-order valence-electron chi connectivity index (χ4n) is 5.26. The van der Waals surface area contributed by atoms with E-state index in [9.17, 15) is 4.79 Å². The molecule has 36 heavy (non-hydrogen) atoms. The van der Waals surface area contributed by atoms with Crippen LogP contribution in [0.4, 0.5) is 0 Å². The number of likely N-dealkylation sites (N-methyl/N-ethyl adjacent to an activating group) is 1. The number of hydrogen-bond donors (Lipinski definition) is 1. The lowest BCUT2D eigenvalue weighted by atomic mass is 9.96. The van der Waals surface area contributed by atoms with Crippen molar-refractivity contribution in [1.29, 1.82) is 0 Å². The number of methoxy groups -OCH3 is 1. The first-order chi connectivity index (χ1) is 17.4. The molecule has 186 valence electrons. The summed E-state index contributed by atoms with van der Waals surface area (Å²) in [4.78, 5) is 25.5. The van der Waals surface area contributed by atoms with Crippen LogP contribution in [0.2, 0.25) is 0 Å². The summed E-state index contributed by atoms with van der Waals surface area (Å²) in [6.45, 7) is 6.80. The maximum Gasteiger partial charge on any atom is 0.267 e. The lowest BCUT2D eigenvalue weighted by Crippen LogP contribution is -2.35. The smallest absolute Gasteiger partial charge is 0.267 e. The molecule has 1 aliphatic heterocycles. The van der Waals surface area contributed by atoms with Crippen LogP contribution in [0.3, 0.4) is 0 Å². The van der Waals surface area contributed by atoms with Crippen LogP contribution < -0.4 is 15.6 Å². The Bertz CT molecular complexity index is 1440. The zero-order valence-corrected chi connectivity index (χ0v) is 21.4. The molecular formula is C29H33N5O2. The second-order valence-electron chi connectivity index (χ2n) is 9.84. The Hall–Kier alpha value is -3.55. The van der Waals surface area contributed by atoms with Gasteiger partial charge in [0.1, 0.15) is 12.1 Å². The van der Waals surface area contributed by atoms with Gasteiger partial charge < -0.3 is 15.0 Å². The van der Waals surface area contributed by atoms with E-state index in [0.29, 0.717) is 35.1 Å². The van der Waals surface area contributed by atoms with Crippen molar-refractivity contribution >= 4 is 11.0 Å². The van der Waals surface area contributed by atoms with Crippen LogP contribution in [-0.4, -0.2) is 52.7 Å². The fraction of sp³-hybridized carbons (Fsp3) is 0.345. The summed E-state index contributed by atoms with van der Waals surface area (Å²) >= 11 is 0. The largest absolute Gasteiger partial charge is 0.497 e. The molecule has 2 aromatic carbocycles. The molecule has 1 N–H and O–H groups in total. The van der Waals surface area contributed by atoms with E-state index >= 15 is 0 Å². The van der Waals surface area contributed by atoms with Crippen molar-refractivity contribution in [2.45, 2.75) is 39.3 Å². The predicted octanol–water partition coefficient (Wildman–Crippen LogP) is 4.26. The predicted molar refractivity (Wildman–Crippen MR) is 144 cm³/mol. The molecule has 1 aliphatic rings. The fourth-order valence-corrected chi connectivity index (χ4v) is 5.26. The average molecular weight is 484 g/mol. The van der Waals surface area contributed by atoms with Gasteiger partial charge in [-0.25, -0.2) is 9.97 Å². The first kappa shape index (κ1) is 24.2. The molecular weight excluding hydrogens is 450 g/mol. The first-order valence-electron chi connectivity index (χ1n) is 12.5. The van der Waals surface area contributed by atoms with Gasteiger partial charge in [-0.3, -0.25) is 9.36 Å². The van der Waals surface area contributed by atoms with Crippen molar-refractivity contribution in [3.8, 4) is 22.6 Å². The Labute approximate surface area is 211 Å². The zero-order valence-electron chi connectivity index (χ0n) is 21.4. The van der Waals surface area contributed by atoms with Gasteiger partial charge in [-0.2, -0.15) is 0 Å². The number of aromatic nitrogens is 3. The van der Waals surface area contributed by atoms with Crippen LogP contribution >= 0.6 is 0 Å². The third-order valence-electron chi connectivity index (χ3n) is 6.88. The van der Waals surface area contributed by atoms with Gasteiger partial charge in [0.15, 0.2) is 5.65 Å². The van der Waals surface area contributed by atoms with Crippen molar-refractivity contribution in [1.82, 2.24) is 24.8 Å². The highest BCUT2D eigenvalue weighted by Crippen LogP contribution is 2.30. The summed E-state index contributed by atoms with van der Waals surface area (Å²) in [7, 11) is 3.74. The molecule has 0 aliphatic carbocycles. The van der Waals surface area contributed by atoms with Crippen molar-refractivity contribution in [3.05, 3.63) is 82.0 Å². The van der Waals surface area contributed by atoms with Gasteiger partial charge in [-0.15, -0.1) is 0 Å². The van der Waals surface area contributed by atoms with Crippen LogP contribution in [0, 0.1) is 13.8 Å². The van der Waals surface area contributed by atoms with E-state index in [0.717, 1.165) is 29.8 Å². The molecule has 0 spiro atoms. The van der Waals surface area contributed by atoms with Crippen LogP contribution in [0.1, 0.15) is 29.5 Å². The van der Waals surface area contributed by atoms with E-state index in [2.05, 4.69) is 59.3 Å². The topological polar surface area (TPSA) is 72.3 Å². The van der Waals surface area contributed by atoms with Crippen molar-refractivity contribution in [2.75, 3.05) is 27.2 Å². The number of hydrogen-bond acceptors (Lipinski definition) is 6. The summed E-state index contributed by atoms with van der Waals surface area (Å²) < 4.78 is 6.97. The number of nitrogens with one attached hydrogen (secondary N) is 1. The number of aryl methyl sites for hydroxylation is 2. The Balaban J connectivity index is 1.69. The minimum absolute atomic E-state index is 0.130. The van der Waals surface area contributed by atoms with E-state index in [4.69, 9.17) is 4.74 Å². The summed E-state index contributed by atoms with van der Waals surface area (Å²) in [5, 5.41) is 4.14. The number of fused-ring (bicyclic) bond motifs is 1. The van der Waals surface area contributed by atoms with E-state index in [-0.39, 0.29) is 5.56 Å². The molecule has 0 bridgehead atoms. The number of benzene rings is 2. The summed E-state index contributed by atoms with van der Waals surface area (Å²) in [6, 6.07) is 14.4. The van der Waals surface area contributed by atoms with Crippen LogP contribution in [0.15, 0.2) is 59.8 Å². The quantitative estimate of drug-likeness (QED) is 0.424. The second-order valence-corrected chi connectivity index (χ2v) is 9.84. The maximum absolute atomic E-state index is 14.0. The first-order valence-corrected chi connectivity index (χ1v) is 12.5. The van der Waals surface area contributed by atoms with Gasteiger partial charge in [0.2, 0.25) is 0 Å². The molecule has 4 aromatic rings. The Morgan fingerprint density at radius 3 is 2.67 bits per heavy atom. The summed E-state index contributed by atoms with van der Waals surface area (Å²) in [6.07, 6.45) is 5.81. The molecule has 1 fully saturated rings. The third kappa shape index (κ3) is 4.90. The molecule has 7 heteroatoms. The number of rotatable bonds is 7. The molecule has 1 saturated heterocycles. The lowest BCUT2D eigenvalue weighted by Gasteiger charge is -2.23. The monoisotopic (exact) mass is 483 g/mol. The van der Waals surface area contributed by atoms with Gasteiger partial charge >= 0.3 is 0 Å². The van der Waals surface area contributed by atoms with Crippen LogP contribution in [0.5, 0.6) is 5.75 Å². The molecule has 0 radical (unpaired) electrons. The lowest BCUT2D eigenvalue weighted by molar-refractivity contribution is 0.294. The van der Waals surface area contributed by atoms with E-state index in [1.807, 2.05) is 30.5 Å². The molecule has 5 rings (SSSR count). The Kier molecular flexibility index (Phi) is 6.85. The molecule has 0 amide bonds. The van der Waals surface area contributed by atoms with Crippen LogP contribution in [-0.2, 0) is 6.54 Å². The van der Waals surface area contributed by atoms with Gasteiger partial charge in [-0.1, -0.05) is 35.4 Å². The number of pyridine rings is 1. The standard InChI is InChI=1S/C29H33N5O2/c1-19-11-20(2)13-21(12-19)25-15-31-28-27(26(25)17-33(3)16-22-7-6-10-30-22)29(35)34(18-32-28)23-8-5-9-24(14-23)36-4/h5,8-9,11-15,18,22,30H,6-7,10,16-17H2,1-4H3/t22-/m0/s1. The number of ether oxygens (including phenoxy) is 1. The van der Waals surface area contributed by atoms with Gasteiger partial charge in [0, 0.05) is 37.0 Å². The van der Waals surface area contributed by atoms with E-state index in [1.54, 1.807) is 18.0 Å². The van der Waals surface area contributed by atoms with Crippen molar-refractivity contribution < 1.29 is 4.74 Å². The highest BCUT2D eigenvalue weighted by atomic mass is 16.5. The minimum Gasteiger partial charge on any atom is -0.497 e. The van der Waals surface area contributed by atoms with E-state index in [1.165, 1.54) is 24.0 Å². The highest BCUT2D eigenvalue weighted by Gasteiger charge is 2.21. The van der Waals surface area contributed by atoms with Crippen LogP contribution in [0.25, 0.3) is 27.8 Å².